The van der Waals surface area contributed by atoms with E-state index in [1.165, 1.54) is 0 Å². The Morgan fingerprint density at radius 3 is 2.67 bits per heavy atom. The third-order valence-electron chi connectivity index (χ3n) is 3.12. The van der Waals surface area contributed by atoms with E-state index < -0.39 is 0 Å². The maximum atomic E-state index is 5.93. The Labute approximate surface area is 111 Å². The Bertz CT molecular complexity index is 531. The lowest BCUT2D eigenvalue weighted by Crippen LogP contribution is -2.30. The normalized spacial score (nSPS) is 15.9. The van der Waals surface area contributed by atoms with Crippen molar-refractivity contribution in [2.75, 3.05) is 18.0 Å². The summed E-state index contributed by atoms with van der Waals surface area (Å²) in [5.74, 6) is 0. The van der Waals surface area contributed by atoms with E-state index in [0.29, 0.717) is 5.02 Å². The molecule has 0 unspecified atom stereocenters. The van der Waals surface area contributed by atoms with Crippen LogP contribution in [-0.4, -0.2) is 27.9 Å². The molecular weight excluding hydrogens is 248 g/mol. The van der Waals surface area contributed by atoms with Crippen LogP contribution in [0.15, 0.2) is 30.9 Å². The quantitative estimate of drug-likeness (QED) is 0.834. The van der Waals surface area contributed by atoms with E-state index in [2.05, 4.69) is 21.4 Å². The molecule has 2 aromatic heterocycles. The van der Waals surface area contributed by atoms with Gasteiger partial charge in [0.05, 0.1) is 28.8 Å². The molecule has 3 rings (SSSR count). The second-order valence-electron chi connectivity index (χ2n) is 4.32. The van der Waals surface area contributed by atoms with Gasteiger partial charge in [0.1, 0.15) is 0 Å². The lowest BCUT2D eigenvalue weighted by Gasteiger charge is -2.29. The first kappa shape index (κ1) is 11.5. The lowest BCUT2D eigenvalue weighted by atomic mass is 10.1. The zero-order chi connectivity index (χ0) is 12.4. The molecule has 1 saturated heterocycles. The minimum absolute atomic E-state index is 0.643. The molecule has 1 aliphatic heterocycles. The van der Waals surface area contributed by atoms with E-state index in [9.17, 15) is 0 Å². The predicted molar refractivity (Wildman–Crippen MR) is 72.1 cm³/mol. The minimum atomic E-state index is 0.643. The van der Waals surface area contributed by atoms with Crippen molar-refractivity contribution in [2.24, 2.45) is 0 Å². The van der Waals surface area contributed by atoms with Gasteiger partial charge in [-0.3, -0.25) is 4.98 Å². The van der Waals surface area contributed by atoms with Crippen LogP contribution in [0.25, 0.3) is 5.69 Å². The van der Waals surface area contributed by atoms with Crippen molar-refractivity contribution in [1.29, 1.82) is 0 Å². The van der Waals surface area contributed by atoms with E-state index in [1.54, 1.807) is 17.1 Å². The number of aromatic nitrogens is 3. The predicted octanol–water partition coefficient (Wildman–Crippen LogP) is 2.73. The van der Waals surface area contributed by atoms with Gasteiger partial charge < -0.3 is 4.90 Å². The average molecular weight is 262 g/mol. The first-order valence-corrected chi connectivity index (χ1v) is 6.43. The minimum Gasteiger partial charge on any atom is -0.369 e. The van der Waals surface area contributed by atoms with Gasteiger partial charge in [-0.2, -0.15) is 5.10 Å². The van der Waals surface area contributed by atoms with Crippen molar-refractivity contribution in [2.45, 2.75) is 12.8 Å². The van der Waals surface area contributed by atoms with Gasteiger partial charge in [0.2, 0.25) is 0 Å². The molecule has 0 N–H and O–H groups in total. The molecule has 3 heterocycles. The van der Waals surface area contributed by atoms with Gasteiger partial charge in [0.25, 0.3) is 0 Å². The number of nitrogens with zero attached hydrogens (tertiary/aromatic N) is 4. The van der Waals surface area contributed by atoms with Gasteiger partial charge in [0.15, 0.2) is 0 Å². The van der Waals surface area contributed by atoms with E-state index in [1.807, 2.05) is 18.5 Å². The first-order valence-electron chi connectivity index (χ1n) is 6.06. The summed E-state index contributed by atoms with van der Waals surface area (Å²) in [5.41, 5.74) is 2.14. The fourth-order valence-corrected chi connectivity index (χ4v) is 2.38. The van der Waals surface area contributed by atoms with E-state index in [-0.39, 0.29) is 0 Å². The molecule has 0 aromatic carbocycles. The Morgan fingerprint density at radius 2 is 1.94 bits per heavy atom. The molecule has 0 amide bonds. The van der Waals surface area contributed by atoms with Crippen molar-refractivity contribution in [1.82, 2.24) is 14.8 Å². The number of hydrogen-bond donors (Lipinski definition) is 0. The third kappa shape index (κ3) is 2.20. The second kappa shape index (κ2) is 4.98. The number of piperidine rings is 1. The van der Waals surface area contributed by atoms with Crippen LogP contribution in [0.1, 0.15) is 12.8 Å². The fourth-order valence-electron chi connectivity index (χ4n) is 2.24. The Kier molecular flexibility index (Phi) is 3.19. The molecule has 0 aliphatic carbocycles. The van der Waals surface area contributed by atoms with Crippen LogP contribution in [0.2, 0.25) is 5.02 Å². The zero-order valence-corrected chi connectivity index (χ0v) is 10.7. The van der Waals surface area contributed by atoms with Gasteiger partial charge in [-0.05, 0) is 25.3 Å². The van der Waals surface area contributed by atoms with Crippen molar-refractivity contribution in [3.63, 3.8) is 0 Å². The number of rotatable bonds is 2. The molecule has 0 spiro atoms. The maximum absolute atomic E-state index is 5.93. The fraction of sp³-hybridized carbons (Fsp3) is 0.308. The number of anilines is 1. The van der Waals surface area contributed by atoms with Crippen LogP contribution in [0.4, 0.5) is 5.69 Å². The van der Waals surface area contributed by atoms with Crippen LogP contribution < -0.4 is 4.90 Å². The van der Waals surface area contributed by atoms with Crippen molar-refractivity contribution in [3.05, 3.63) is 42.3 Å². The third-order valence-corrected chi connectivity index (χ3v) is 3.32. The summed E-state index contributed by atoms with van der Waals surface area (Å²) in [5, 5.41) is 4.91. The molecule has 0 bridgehead atoms. The van der Waals surface area contributed by atoms with Crippen LogP contribution in [-0.2, 0) is 0 Å². The number of pyridine rings is 1. The van der Waals surface area contributed by atoms with Gasteiger partial charge in [-0.25, -0.2) is 4.68 Å². The molecule has 18 heavy (non-hydrogen) atoms. The lowest BCUT2D eigenvalue weighted by molar-refractivity contribution is 0.674. The second-order valence-corrected chi connectivity index (χ2v) is 4.76. The summed E-state index contributed by atoms with van der Waals surface area (Å²) in [6, 6.07) is 1.97. The van der Waals surface area contributed by atoms with Crippen molar-refractivity contribution in [3.8, 4) is 5.69 Å². The average Bonchev–Trinajstić information content (AvgIpc) is 2.86. The van der Waals surface area contributed by atoms with Crippen LogP contribution in [0, 0.1) is 6.42 Å². The molecule has 4 nitrogen and oxygen atoms in total. The highest BCUT2D eigenvalue weighted by molar-refractivity contribution is 6.30. The number of hydrogen-bond acceptors (Lipinski definition) is 3. The topological polar surface area (TPSA) is 34.0 Å². The molecule has 1 aliphatic rings. The van der Waals surface area contributed by atoms with Crippen LogP contribution in [0.5, 0.6) is 0 Å². The molecule has 1 fully saturated rings. The molecule has 1 radical (unpaired) electrons. The van der Waals surface area contributed by atoms with Crippen LogP contribution >= 0.6 is 11.6 Å². The van der Waals surface area contributed by atoms with Crippen molar-refractivity contribution >= 4 is 17.3 Å². The number of halogens is 1. The highest BCUT2D eigenvalue weighted by Crippen LogP contribution is 2.26. The van der Waals surface area contributed by atoms with Crippen LogP contribution in [0.3, 0.4) is 0 Å². The monoisotopic (exact) mass is 261 g/mol. The summed E-state index contributed by atoms with van der Waals surface area (Å²) in [6.45, 7) is 2.07. The summed E-state index contributed by atoms with van der Waals surface area (Å²) in [4.78, 5) is 6.57. The molecule has 5 heteroatoms. The standard InChI is InChI=1S/C13H14ClN4/c14-11-8-16-18(10-11)12-4-5-15-9-13(12)17-6-2-1-3-7-17/h1,4-5,8-10H,2-3,6-7H2. The zero-order valence-electron chi connectivity index (χ0n) is 9.96. The summed E-state index contributed by atoms with van der Waals surface area (Å²) >= 11 is 5.93. The maximum Gasteiger partial charge on any atom is 0.0910 e. The molecule has 93 valence electrons. The molecule has 2 aromatic rings. The van der Waals surface area contributed by atoms with Gasteiger partial charge >= 0.3 is 0 Å². The highest BCUT2D eigenvalue weighted by Gasteiger charge is 2.16. The Morgan fingerprint density at radius 1 is 1.11 bits per heavy atom. The summed E-state index contributed by atoms with van der Waals surface area (Å²) in [6.07, 6.45) is 11.7. The SMILES string of the molecule is Clc1cnn(-c2ccncc2N2CC[CH]CC2)c1. The van der Waals surface area contributed by atoms with Gasteiger partial charge in [-0.15, -0.1) is 0 Å². The largest absolute Gasteiger partial charge is 0.369 e. The van der Waals surface area contributed by atoms with Gasteiger partial charge in [-0.1, -0.05) is 11.6 Å². The van der Waals surface area contributed by atoms with E-state index in [4.69, 9.17) is 11.6 Å². The summed E-state index contributed by atoms with van der Waals surface area (Å²) < 4.78 is 1.80. The van der Waals surface area contributed by atoms with E-state index in [0.717, 1.165) is 37.3 Å². The molecule has 0 saturated carbocycles. The first-order chi connectivity index (χ1) is 8.84. The Balaban J connectivity index is 1.99. The van der Waals surface area contributed by atoms with Crippen molar-refractivity contribution < 1.29 is 0 Å². The smallest absolute Gasteiger partial charge is 0.0910 e. The molecule has 0 atom stereocenters. The molecular formula is C13H14ClN4. The summed E-state index contributed by atoms with van der Waals surface area (Å²) in [7, 11) is 0. The van der Waals surface area contributed by atoms with E-state index >= 15 is 0 Å². The Hall–Kier alpha value is -1.55. The van der Waals surface area contributed by atoms with Gasteiger partial charge in [0, 0.05) is 25.5 Å². The highest BCUT2D eigenvalue weighted by atomic mass is 35.5.